The van der Waals surface area contributed by atoms with E-state index in [0.29, 0.717) is 5.75 Å². The highest BCUT2D eigenvalue weighted by Crippen LogP contribution is 2.24. The van der Waals surface area contributed by atoms with Crippen molar-refractivity contribution in [2.75, 3.05) is 0 Å². The summed E-state index contributed by atoms with van der Waals surface area (Å²) in [6, 6.07) is 8.98. The Balaban J connectivity index is 1.83. The molecule has 0 aliphatic heterocycles. The number of benzene rings is 1. The molecule has 0 saturated heterocycles. The van der Waals surface area contributed by atoms with Crippen molar-refractivity contribution in [2.45, 2.75) is 25.7 Å². The molecule has 1 aromatic heterocycles. The molecule has 2 aromatic rings. The molecule has 4 nitrogen and oxygen atoms in total. The zero-order valence-electron chi connectivity index (χ0n) is 9.89. The first-order valence-electron chi connectivity index (χ1n) is 6.09. The molecule has 0 amide bonds. The monoisotopic (exact) mass is 243 g/mol. The van der Waals surface area contributed by atoms with Crippen molar-refractivity contribution in [1.82, 2.24) is 5.16 Å². The third-order valence-electron chi connectivity index (χ3n) is 3.10. The Morgan fingerprint density at radius 3 is 2.78 bits per heavy atom. The van der Waals surface area contributed by atoms with Gasteiger partial charge in [-0.15, -0.1) is 0 Å². The second-order valence-electron chi connectivity index (χ2n) is 4.35. The van der Waals surface area contributed by atoms with Crippen LogP contribution in [0.4, 0.5) is 0 Å². The average molecular weight is 243 g/mol. The van der Waals surface area contributed by atoms with Gasteiger partial charge in [0.05, 0.1) is 5.69 Å². The van der Waals surface area contributed by atoms with E-state index in [1.807, 2.05) is 18.2 Å². The van der Waals surface area contributed by atoms with E-state index in [2.05, 4.69) is 5.16 Å². The number of para-hydroxylation sites is 1. The smallest absolute Gasteiger partial charge is 0.382 e. The van der Waals surface area contributed by atoms with Crippen LogP contribution in [-0.4, -0.2) is 11.1 Å². The first-order chi connectivity index (χ1) is 8.84. The number of carbonyl (C=O) groups excluding carboxylic acids is 1. The van der Waals surface area contributed by atoms with Gasteiger partial charge in [0, 0.05) is 5.56 Å². The van der Waals surface area contributed by atoms with Gasteiger partial charge in [0.25, 0.3) is 0 Å². The first-order valence-corrected chi connectivity index (χ1v) is 6.09. The van der Waals surface area contributed by atoms with Gasteiger partial charge in [-0.1, -0.05) is 23.4 Å². The predicted octanol–water partition coefficient (Wildman–Crippen LogP) is 2.77. The van der Waals surface area contributed by atoms with Crippen molar-refractivity contribution in [3.8, 4) is 5.75 Å². The Kier molecular flexibility index (Phi) is 2.84. The second-order valence-corrected chi connectivity index (χ2v) is 4.35. The van der Waals surface area contributed by atoms with Gasteiger partial charge in [-0.3, -0.25) is 0 Å². The van der Waals surface area contributed by atoms with Crippen LogP contribution in [-0.2, 0) is 12.8 Å². The summed E-state index contributed by atoms with van der Waals surface area (Å²) < 4.78 is 10.4. The molecule has 0 spiro atoms. The number of fused-ring (bicyclic) bond motifs is 1. The van der Waals surface area contributed by atoms with E-state index < -0.39 is 5.97 Å². The molecular formula is C14H13NO3. The molecule has 0 unspecified atom stereocenters. The van der Waals surface area contributed by atoms with Gasteiger partial charge in [0.2, 0.25) is 5.76 Å². The van der Waals surface area contributed by atoms with Gasteiger partial charge < -0.3 is 9.26 Å². The van der Waals surface area contributed by atoms with Crippen LogP contribution in [0.15, 0.2) is 34.9 Å². The minimum atomic E-state index is -0.461. The standard InChI is InChI=1S/C14H13NO3/c16-14(17-10-6-2-1-3-7-10)13-11-8-4-5-9-12(11)15-18-13/h1-3,6-7H,4-5,8-9H2. The van der Waals surface area contributed by atoms with Gasteiger partial charge in [0.1, 0.15) is 5.75 Å². The summed E-state index contributed by atoms with van der Waals surface area (Å²) >= 11 is 0. The number of aromatic nitrogens is 1. The number of nitrogens with zero attached hydrogens (tertiary/aromatic N) is 1. The first kappa shape index (κ1) is 11.0. The van der Waals surface area contributed by atoms with Crippen molar-refractivity contribution >= 4 is 5.97 Å². The number of ether oxygens (including phenoxy) is 1. The lowest BCUT2D eigenvalue weighted by Crippen LogP contribution is -2.11. The minimum absolute atomic E-state index is 0.258. The van der Waals surface area contributed by atoms with E-state index in [4.69, 9.17) is 9.26 Å². The summed E-state index contributed by atoms with van der Waals surface area (Å²) in [6.07, 6.45) is 3.90. The highest BCUT2D eigenvalue weighted by molar-refractivity contribution is 5.89. The molecule has 3 rings (SSSR count). The van der Waals surface area contributed by atoms with Crippen LogP contribution in [0.3, 0.4) is 0 Å². The van der Waals surface area contributed by atoms with Crippen LogP contribution in [0.25, 0.3) is 0 Å². The van der Waals surface area contributed by atoms with E-state index in [1.165, 1.54) is 0 Å². The molecule has 0 fully saturated rings. The van der Waals surface area contributed by atoms with Crippen LogP contribution in [0.5, 0.6) is 5.75 Å². The van der Waals surface area contributed by atoms with Crippen molar-refractivity contribution in [3.63, 3.8) is 0 Å². The number of hydrogen-bond donors (Lipinski definition) is 0. The second kappa shape index (κ2) is 4.64. The molecule has 0 saturated carbocycles. The number of aryl methyl sites for hydroxylation is 1. The summed E-state index contributed by atoms with van der Waals surface area (Å²) in [4.78, 5) is 12.0. The predicted molar refractivity (Wildman–Crippen MR) is 64.5 cm³/mol. The largest absolute Gasteiger partial charge is 0.421 e. The molecule has 92 valence electrons. The normalized spacial score (nSPS) is 14.0. The lowest BCUT2D eigenvalue weighted by molar-refractivity contribution is 0.0689. The fourth-order valence-corrected chi connectivity index (χ4v) is 2.19. The Bertz CT molecular complexity index is 560. The molecule has 1 aliphatic carbocycles. The van der Waals surface area contributed by atoms with Gasteiger partial charge in [-0.25, -0.2) is 4.79 Å². The Labute approximate surface area is 105 Å². The SMILES string of the molecule is O=C(Oc1ccccc1)c1onc2c1CCCC2. The van der Waals surface area contributed by atoms with Crippen molar-refractivity contribution in [3.05, 3.63) is 47.3 Å². The number of rotatable bonds is 2. The molecule has 0 bridgehead atoms. The summed E-state index contributed by atoms with van der Waals surface area (Å²) in [5.74, 6) is 0.314. The lowest BCUT2D eigenvalue weighted by atomic mass is 9.96. The van der Waals surface area contributed by atoms with Gasteiger partial charge in [-0.05, 0) is 37.8 Å². The fourth-order valence-electron chi connectivity index (χ4n) is 2.19. The van der Waals surface area contributed by atoms with E-state index >= 15 is 0 Å². The average Bonchev–Trinajstić information content (AvgIpc) is 2.84. The van der Waals surface area contributed by atoms with Crippen LogP contribution in [0, 0.1) is 0 Å². The van der Waals surface area contributed by atoms with Crippen LogP contribution >= 0.6 is 0 Å². The lowest BCUT2D eigenvalue weighted by Gasteiger charge is -2.08. The van der Waals surface area contributed by atoms with Crippen molar-refractivity contribution < 1.29 is 14.1 Å². The zero-order valence-corrected chi connectivity index (χ0v) is 9.89. The number of hydrogen-bond acceptors (Lipinski definition) is 4. The fraction of sp³-hybridized carbons (Fsp3) is 0.286. The topological polar surface area (TPSA) is 52.3 Å². The Morgan fingerprint density at radius 2 is 1.94 bits per heavy atom. The van der Waals surface area contributed by atoms with Gasteiger partial charge in [0.15, 0.2) is 0 Å². The van der Waals surface area contributed by atoms with Crippen LogP contribution in [0.1, 0.15) is 34.7 Å². The molecule has 0 radical (unpaired) electrons. The number of esters is 1. The maximum Gasteiger partial charge on any atom is 0.382 e. The van der Waals surface area contributed by atoms with E-state index in [-0.39, 0.29) is 5.76 Å². The molecule has 4 heteroatoms. The summed E-state index contributed by atoms with van der Waals surface area (Å²) in [5.41, 5.74) is 1.82. The minimum Gasteiger partial charge on any atom is -0.421 e. The van der Waals surface area contributed by atoms with Crippen LogP contribution < -0.4 is 4.74 Å². The Morgan fingerprint density at radius 1 is 1.17 bits per heavy atom. The van der Waals surface area contributed by atoms with Crippen molar-refractivity contribution in [2.24, 2.45) is 0 Å². The molecule has 1 aliphatic rings. The highest BCUT2D eigenvalue weighted by atomic mass is 16.6. The van der Waals surface area contributed by atoms with Crippen molar-refractivity contribution in [1.29, 1.82) is 0 Å². The molecule has 1 aromatic carbocycles. The third kappa shape index (κ3) is 2.01. The Hall–Kier alpha value is -2.10. The van der Waals surface area contributed by atoms with E-state index in [9.17, 15) is 4.79 Å². The molecule has 0 N–H and O–H groups in total. The van der Waals surface area contributed by atoms with Gasteiger partial charge >= 0.3 is 5.97 Å². The molecular weight excluding hydrogens is 230 g/mol. The zero-order chi connectivity index (χ0) is 12.4. The van der Waals surface area contributed by atoms with E-state index in [1.54, 1.807) is 12.1 Å². The van der Waals surface area contributed by atoms with E-state index in [0.717, 1.165) is 36.9 Å². The maximum absolute atomic E-state index is 12.0. The maximum atomic E-state index is 12.0. The summed E-state index contributed by atoms with van der Waals surface area (Å²) in [6.45, 7) is 0. The highest BCUT2D eigenvalue weighted by Gasteiger charge is 2.25. The number of carbonyl (C=O) groups is 1. The molecule has 18 heavy (non-hydrogen) atoms. The molecule has 1 heterocycles. The summed E-state index contributed by atoms with van der Waals surface area (Å²) in [5, 5.41) is 3.94. The third-order valence-corrected chi connectivity index (χ3v) is 3.10. The van der Waals surface area contributed by atoms with Gasteiger partial charge in [-0.2, -0.15) is 0 Å². The molecule has 0 atom stereocenters. The van der Waals surface area contributed by atoms with Crippen LogP contribution in [0.2, 0.25) is 0 Å². The quantitative estimate of drug-likeness (QED) is 0.601. The summed E-state index contributed by atoms with van der Waals surface area (Å²) in [7, 11) is 0.